The summed E-state index contributed by atoms with van der Waals surface area (Å²) < 4.78 is 10.1. The van der Waals surface area contributed by atoms with Crippen LogP contribution >= 0.6 is 0 Å². The van der Waals surface area contributed by atoms with Crippen LogP contribution in [0, 0.1) is 0 Å². The Bertz CT molecular complexity index is 392. The Hall–Kier alpha value is -1.88. The maximum Gasteiger partial charge on any atom is 0.257 e. The quantitative estimate of drug-likeness (QED) is 0.553. The monoisotopic (exact) mass is 251 g/mol. The lowest BCUT2D eigenvalue weighted by Crippen LogP contribution is -2.30. The highest BCUT2D eigenvalue weighted by Crippen LogP contribution is 2.11. The van der Waals surface area contributed by atoms with Crippen LogP contribution in [0.1, 0.15) is 16.8 Å². The van der Waals surface area contributed by atoms with Crippen LogP contribution in [0.25, 0.3) is 0 Å². The Morgan fingerprint density at radius 2 is 2.28 bits per heavy atom. The minimum Gasteiger partial charge on any atom is -0.484 e. The van der Waals surface area contributed by atoms with Crippen LogP contribution in [0.5, 0.6) is 5.75 Å². The molecule has 0 aliphatic rings. The lowest BCUT2D eigenvalue weighted by molar-refractivity contribution is -0.123. The third kappa shape index (κ3) is 5.45. The van der Waals surface area contributed by atoms with Crippen LogP contribution in [-0.4, -0.2) is 39.1 Å². The van der Waals surface area contributed by atoms with Gasteiger partial charge in [-0.25, -0.2) is 0 Å². The number of nitrogens with one attached hydrogen (secondary N) is 1. The minimum atomic E-state index is -0.192. The van der Waals surface area contributed by atoms with Crippen molar-refractivity contribution >= 4 is 12.2 Å². The zero-order chi connectivity index (χ0) is 13.2. The standard InChI is InChI=1S/C13H17NO4/c1-17-7-3-6-14-13(16)10-18-12-5-2-4-11(8-12)9-15/h2,4-5,8-9H,3,6-7,10H2,1H3,(H,14,16). The van der Waals surface area contributed by atoms with Crippen molar-refractivity contribution in [2.75, 3.05) is 26.9 Å². The van der Waals surface area contributed by atoms with E-state index in [1.54, 1.807) is 31.4 Å². The Labute approximate surface area is 106 Å². The SMILES string of the molecule is COCCCNC(=O)COc1cccc(C=O)c1. The first-order chi connectivity index (χ1) is 8.76. The molecular formula is C13H17NO4. The third-order valence-electron chi connectivity index (χ3n) is 2.21. The average Bonchev–Trinajstić information content (AvgIpc) is 2.41. The predicted octanol–water partition coefficient (Wildman–Crippen LogP) is 1.03. The van der Waals surface area contributed by atoms with E-state index in [1.165, 1.54) is 0 Å². The largest absolute Gasteiger partial charge is 0.484 e. The van der Waals surface area contributed by atoms with Gasteiger partial charge >= 0.3 is 0 Å². The van der Waals surface area contributed by atoms with Gasteiger partial charge in [-0.05, 0) is 18.6 Å². The fraction of sp³-hybridized carbons (Fsp3) is 0.385. The van der Waals surface area contributed by atoms with E-state index in [2.05, 4.69) is 5.32 Å². The summed E-state index contributed by atoms with van der Waals surface area (Å²) in [6.45, 7) is 1.11. The van der Waals surface area contributed by atoms with Crippen LogP contribution in [-0.2, 0) is 9.53 Å². The molecule has 0 fully saturated rings. The van der Waals surface area contributed by atoms with Crippen molar-refractivity contribution in [3.63, 3.8) is 0 Å². The number of benzene rings is 1. The Morgan fingerprint density at radius 1 is 1.44 bits per heavy atom. The highest BCUT2D eigenvalue weighted by molar-refractivity contribution is 5.78. The van der Waals surface area contributed by atoms with Crippen molar-refractivity contribution in [2.45, 2.75) is 6.42 Å². The number of carbonyl (C=O) groups is 2. The van der Waals surface area contributed by atoms with Crippen molar-refractivity contribution in [3.8, 4) is 5.75 Å². The maximum atomic E-state index is 11.4. The second kappa shape index (κ2) is 8.25. The van der Waals surface area contributed by atoms with Gasteiger partial charge in [-0.1, -0.05) is 12.1 Å². The summed E-state index contributed by atoms with van der Waals surface area (Å²) >= 11 is 0. The zero-order valence-electron chi connectivity index (χ0n) is 10.3. The topological polar surface area (TPSA) is 64.6 Å². The molecule has 0 saturated heterocycles. The molecule has 0 aliphatic heterocycles. The molecule has 18 heavy (non-hydrogen) atoms. The Morgan fingerprint density at radius 3 is 3.00 bits per heavy atom. The van der Waals surface area contributed by atoms with E-state index < -0.39 is 0 Å². The van der Waals surface area contributed by atoms with Gasteiger partial charge in [-0.2, -0.15) is 0 Å². The van der Waals surface area contributed by atoms with E-state index in [0.29, 0.717) is 24.5 Å². The zero-order valence-corrected chi connectivity index (χ0v) is 10.3. The number of hydrogen-bond acceptors (Lipinski definition) is 4. The van der Waals surface area contributed by atoms with Crippen LogP contribution in [0.3, 0.4) is 0 Å². The van der Waals surface area contributed by atoms with Gasteiger partial charge < -0.3 is 14.8 Å². The van der Waals surface area contributed by atoms with Gasteiger partial charge in [0.1, 0.15) is 12.0 Å². The lowest BCUT2D eigenvalue weighted by Gasteiger charge is -2.07. The van der Waals surface area contributed by atoms with Crippen molar-refractivity contribution in [1.29, 1.82) is 0 Å². The smallest absolute Gasteiger partial charge is 0.257 e. The molecule has 0 unspecified atom stereocenters. The molecule has 1 amide bonds. The lowest BCUT2D eigenvalue weighted by atomic mass is 10.2. The molecule has 0 heterocycles. The molecule has 1 rings (SSSR count). The molecule has 1 N–H and O–H groups in total. The third-order valence-corrected chi connectivity index (χ3v) is 2.21. The molecule has 5 heteroatoms. The van der Waals surface area contributed by atoms with Gasteiger partial charge in [0.25, 0.3) is 5.91 Å². The second-order valence-electron chi connectivity index (χ2n) is 3.68. The predicted molar refractivity (Wildman–Crippen MR) is 66.8 cm³/mol. The Balaban J connectivity index is 2.26. The van der Waals surface area contributed by atoms with Crippen molar-refractivity contribution in [2.24, 2.45) is 0 Å². The summed E-state index contributed by atoms with van der Waals surface area (Å²) in [6, 6.07) is 6.66. The summed E-state index contributed by atoms with van der Waals surface area (Å²) in [6.07, 6.45) is 1.50. The van der Waals surface area contributed by atoms with Crippen molar-refractivity contribution < 1.29 is 19.1 Å². The highest BCUT2D eigenvalue weighted by atomic mass is 16.5. The number of hydrogen-bond donors (Lipinski definition) is 1. The number of carbonyl (C=O) groups excluding carboxylic acids is 2. The minimum absolute atomic E-state index is 0.0602. The molecule has 1 aromatic rings. The van der Waals surface area contributed by atoms with E-state index in [4.69, 9.17) is 9.47 Å². The van der Waals surface area contributed by atoms with Gasteiger partial charge in [0.05, 0.1) is 0 Å². The van der Waals surface area contributed by atoms with Gasteiger partial charge in [0.2, 0.25) is 0 Å². The molecule has 0 aliphatic carbocycles. The van der Waals surface area contributed by atoms with Crippen LogP contribution in [0.2, 0.25) is 0 Å². The normalized spacial score (nSPS) is 9.83. The number of rotatable bonds is 8. The van der Waals surface area contributed by atoms with Gasteiger partial charge in [0, 0.05) is 25.8 Å². The summed E-state index contributed by atoms with van der Waals surface area (Å²) in [5.74, 6) is 0.314. The summed E-state index contributed by atoms with van der Waals surface area (Å²) in [5, 5.41) is 2.70. The number of ether oxygens (including phenoxy) is 2. The number of methoxy groups -OCH3 is 1. The highest BCUT2D eigenvalue weighted by Gasteiger charge is 2.02. The molecule has 0 saturated carbocycles. The van der Waals surface area contributed by atoms with Crippen LogP contribution in [0.4, 0.5) is 0 Å². The summed E-state index contributed by atoms with van der Waals surface area (Å²) in [4.78, 5) is 21.9. The van der Waals surface area contributed by atoms with E-state index in [0.717, 1.165) is 12.7 Å². The summed E-state index contributed by atoms with van der Waals surface area (Å²) in [7, 11) is 1.62. The first-order valence-corrected chi connectivity index (χ1v) is 5.70. The van der Waals surface area contributed by atoms with Gasteiger partial charge in [0.15, 0.2) is 6.61 Å². The van der Waals surface area contributed by atoms with Crippen LogP contribution in [0.15, 0.2) is 24.3 Å². The molecular weight excluding hydrogens is 234 g/mol. The Kier molecular flexibility index (Phi) is 6.50. The number of aldehydes is 1. The fourth-order valence-corrected chi connectivity index (χ4v) is 1.32. The molecule has 0 atom stereocenters. The first kappa shape index (κ1) is 14.2. The van der Waals surface area contributed by atoms with E-state index in [1.807, 2.05) is 0 Å². The second-order valence-corrected chi connectivity index (χ2v) is 3.68. The molecule has 0 spiro atoms. The molecule has 0 bridgehead atoms. The van der Waals surface area contributed by atoms with Crippen molar-refractivity contribution in [3.05, 3.63) is 29.8 Å². The van der Waals surface area contributed by atoms with Crippen LogP contribution < -0.4 is 10.1 Å². The van der Waals surface area contributed by atoms with E-state index in [-0.39, 0.29) is 12.5 Å². The molecule has 5 nitrogen and oxygen atoms in total. The van der Waals surface area contributed by atoms with E-state index >= 15 is 0 Å². The fourth-order valence-electron chi connectivity index (χ4n) is 1.32. The average molecular weight is 251 g/mol. The number of amides is 1. The molecule has 1 aromatic carbocycles. The molecule has 0 aromatic heterocycles. The summed E-state index contributed by atoms with van der Waals surface area (Å²) in [5.41, 5.74) is 0.521. The van der Waals surface area contributed by atoms with E-state index in [9.17, 15) is 9.59 Å². The first-order valence-electron chi connectivity index (χ1n) is 5.70. The van der Waals surface area contributed by atoms with Gasteiger partial charge in [-0.15, -0.1) is 0 Å². The van der Waals surface area contributed by atoms with Crippen molar-refractivity contribution in [1.82, 2.24) is 5.32 Å². The molecule has 98 valence electrons. The molecule has 0 radical (unpaired) electrons. The van der Waals surface area contributed by atoms with Gasteiger partial charge in [-0.3, -0.25) is 9.59 Å². The maximum absolute atomic E-state index is 11.4.